The lowest BCUT2D eigenvalue weighted by atomic mass is 9.55. The molecule has 3 atom stereocenters. The average molecular weight is 280 g/mol. The van der Waals surface area contributed by atoms with Crippen LogP contribution in [0.25, 0.3) is 0 Å². The molecule has 0 saturated heterocycles. The molecular weight excluding hydrogens is 260 g/mol. The Morgan fingerprint density at radius 3 is 2.57 bits per heavy atom. The Hall–Kier alpha value is -1.85. The van der Waals surface area contributed by atoms with Gasteiger partial charge in [-0.1, -0.05) is 36.1 Å². The maximum absolute atomic E-state index is 12.4. The van der Waals surface area contributed by atoms with E-state index in [4.69, 9.17) is 4.74 Å². The van der Waals surface area contributed by atoms with Crippen LogP contribution >= 0.6 is 0 Å². The highest BCUT2D eigenvalue weighted by Gasteiger charge is 2.55. The first-order valence-corrected chi connectivity index (χ1v) is 7.36. The van der Waals surface area contributed by atoms with Crippen LogP contribution in [0.5, 0.6) is 0 Å². The summed E-state index contributed by atoms with van der Waals surface area (Å²) >= 11 is 0. The number of methoxy groups -OCH3 is 1. The van der Waals surface area contributed by atoms with E-state index in [1.807, 2.05) is 37.3 Å². The third kappa shape index (κ3) is 2.22. The Kier molecular flexibility index (Phi) is 3.26. The highest BCUT2D eigenvalue weighted by atomic mass is 16.5. The highest BCUT2D eigenvalue weighted by molar-refractivity contribution is 5.92. The van der Waals surface area contributed by atoms with Crippen LogP contribution in [0.1, 0.15) is 32.3 Å². The molecule has 108 valence electrons. The summed E-state index contributed by atoms with van der Waals surface area (Å²) in [4.78, 5) is 12.4. The standard InChI is InChI=1S/C19H20O2/c1-18-13-19(2,21-3)16(12-17(18)20)11-15(18)10-9-14-7-5-4-6-8-14/h4-8,11,16H,12-13H2,1-3H3/t16-,18+,19-/m1/s1. The summed E-state index contributed by atoms with van der Waals surface area (Å²) < 4.78 is 5.69. The summed E-state index contributed by atoms with van der Waals surface area (Å²) in [6, 6.07) is 9.89. The minimum absolute atomic E-state index is 0.136. The second-order valence-corrected chi connectivity index (χ2v) is 6.46. The van der Waals surface area contributed by atoms with Crippen LogP contribution in [-0.2, 0) is 9.53 Å². The molecule has 0 aromatic heterocycles. The minimum Gasteiger partial charge on any atom is -0.378 e. The number of Topliss-reactive ketones (excluding diaryl/α,β-unsaturated/α-hetero) is 1. The van der Waals surface area contributed by atoms with E-state index in [9.17, 15) is 4.79 Å². The summed E-state index contributed by atoms with van der Waals surface area (Å²) in [6.45, 7) is 4.10. The van der Waals surface area contributed by atoms with Gasteiger partial charge in [-0.3, -0.25) is 4.79 Å². The summed E-state index contributed by atoms with van der Waals surface area (Å²) in [5, 5.41) is 0. The van der Waals surface area contributed by atoms with Crippen molar-refractivity contribution in [3.05, 3.63) is 47.5 Å². The molecule has 3 aliphatic carbocycles. The Morgan fingerprint density at radius 2 is 1.90 bits per heavy atom. The van der Waals surface area contributed by atoms with E-state index >= 15 is 0 Å². The van der Waals surface area contributed by atoms with Gasteiger partial charge in [-0.2, -0.15) is 0 Å². The molecule has 0 amide bonds. The molecule has 21 heavy (non-hydrogen) atoms. The van der Waals surface area contributed by atoms with E-state index in [-0.39, 0.29) is 11.5 Å². The van der Waals surface area contributed by atoms with E-state index in [1.54, 1.807) is 7.11 Å². The van der Waals surface area contributed by atoms with Gasteiger partial charge < -0.3 is 4.74 Å². The predicted octanol–water partition coefficient (Wildman–Crippen LogP) is 3.37. The number of benzene rings is 1. The highest BCUT2D eigenvalue weighted by Crippen LogP contribution is 2.53. The van der Waals surface area contributed by atoms with Gasteiger partial charge in [0.25, 0.3) is 0 Å². The Labute approximate surface area is 126 Å². The van der Waals surface area contributed by atoms with Crippen LogP contribution in [0.3, 0.4) is 0 Å². The molecule has 4 rings (SSSR count). The topological polar surface area (TPSA) is 26.3 Å². The van der Waals surface area contributed by atoms with E-state index in [2.05, 4.69) is 24.8 Å². The molecular formula is C19H20O2. The zero-order valence-electron chi connectivity index (χ0n) is 12.8. The lowest BCUT2D eigenvalue weighted by molar-refractivity contribution is -0.146. The number of allylic oxidation sites excluding steroid dienone is 1. The number of hydrogen-bond acceptors (Lipinski definition) is 2. The largest absolute Gasteiger partial charge is 0.378 e. The van der Waals surface area contributed by atoms with Crippen LogP contribution in [0.4, 0.5) is 0 Å². The summed E-state index contributed by atoms with van der Waals surface area (Å²) in [6.07, 6.45) is 3.44. The number of hydrogen-bond donors (Lipinski definition) is 0. The molecule has 1 aromatic rings. The molecule has 0 unspecified atom stereocenters. The van der Waals surface area contributed by atoms with Gasteiger partial charge in [0.05, 0.1) is 11.0 Å². The van der Waals surface area contributed by atoms with E-state index in [0.29, 0.717) is 12.2 Å². The van der Waals surface area contributed by atoms with Gasteiger partial charge in [-0.25, -0.2) is 0 Å². The number of carbonyl (C=O) groups excluding carboxylic acids is 1. The van der Waals surface area contributed by atoms with E-state index in [1.165, 1.54) is 0 Å². The molecule has 0 radical (unpaired) electrons. The number of rotatable bonds is 1. The fraction of sp³-hybridized carbons (Fsp3) is 0.421. The fourth-order valence-corrected chi connectivity index (χ4v) is 3.50. The van der Waals surface area contributed by atoms with Gasteiger partial charge in [0, 0.05) is 30.6 Å². The molecule has 0 N–H and O–H groups in total. The van der Waals surface area contributed by atoms with Gasteiger partial charge >= 0.3 is 0 Å². The summed E-state index contributed by atoms with van der Waals surface area (Å²) in [7, 11) is 1.73. The molecule has 1 fully saturated rings. The molecule has 3 aliphatic rings. The molecule has 2 heteroatoms. The van der Waals surface area contributed by atoms with Crippen molar-refractivity contribution < 1.29 is 9.53 Å². The fourth-order valence-electron chi connectivity index (χ4n) is 3.50. The molecule has 0 heterocycles. The van der Waals surface area contributed by atoms with Crippen molar-refractivity contribution in [3.8, 4) is 11.8 Å². The van der Waals surface area contributed by atoms with Crippen molar-refractivity contribution >= 4 is 5.78 Å². The van der Waals surface area contributed by atoms with Gasteiger partial charge in [0.1, 0.15) is 5.78 Å². The molecule has 1 aromatic carbocycles. The quantitative estimate of drug-likeness (QED) is 0.737. The Balaban J connectivity index is 1.99. The number of fused-ring (bicyclic) bond motifs is 2. The smallest absolute Gasteiger partial charge is 0.144 e. The Morgan fingerprint density at radius 1 is 1.19 bits per heavy atom. The normalized spacial score (nSPS) is 34.1. The first-order valence-electron chi connectivity index (χ1n) is 7.36. The van der Waals surface area contributed by atoms with Crippen LogP contribution < -0.4 is 0 Å². The minimum atomic E-state index is -0.499. The molecule has 1 saturated carbocycles. The van der Waals surface area contributed by atoms with Crippen molar-refractivity contribution in [2.75, 3.05) is 7.11 Å². The lowest BCUT2D eigenvalue weighted by Crippen LogP contribution is -2.54. The Bertz CT molecular complexity index is 662. The lowest BCUT2D eigenvalue weighted by Gasteiger charge is -2.51. The molecule has 2 nitrogen and oxygen atoms in total. The molecule has 0 aliphatic heterocycles. The zero-order chi connectivity index (χ0) is 15.1. The second-order valence-electron chi connectivity index (χ2n) is 6.46. The van der Waals surface area contributed by atoms with E-state index in [0.717, 1.165) is 17.6 Å². The van der Waals surface area contributed by atoms with Gasteiger partial charge in [0.15, 0.2) is 0 Å². The van der Waals surface area contributed by atoms with Crippen LogP contribution in [0.2, 0.25) is 0 Å². The molecule has 2 bridgehead atoms. The van der Waals surface area contributed by atoms with Gasteiger partial charge in [-0.15, -0.1) is 0 Å². The van der Waals surface area contributed by atoms with Crippen LogP contribution in [0.15, 0.2) is 42.0 Å². The van der Waals surface area contributed by atoms with Crippen LogP contribution in [0, 0.1) is 23.2 Å². The summed E-state index contributed by atoms with van der Waals surface area (Å²) in [5.74, 6) is 6.85. The summed E-state index contributed by atoms with van der Waals surface area (Å²) in [5.41, 5.74) is 1.19. The second kappa shape index (κ2) is 4.86. The SMILES string of the molecule is CO[C@]1(C)C[C@]2(C)C(=O)C[C@H]1C=C2C#Cc1ccccc1. The maximum atomic E-state index is 12.4. The maximum Gasteiger partial charge on any atom is 0.144 e. The first-order chi connectivity index (χ1) is 9.98. The van der Waals surface area contributed by atoms with E-state index < -0.39 is 5.41 Å². The third-order valence-electron chi connectivity index (χ3n) is 5.05. The number of ether oxygens (including phenoxy) is 1. The van der Waals surface area contributed by atoms with Crippen molar-refractivity contribution in [3.63, 3.8) is 0 Å². The van der Waals surface area contributed by atoms with Gasteiger partial charge in [0.2, 0.25) is 0 Å². The van der Waals surface area contributed by atoms with Crippen molar-refractivity contribution in [1.82, 2.24) is 0 Å². The van der Waals surface area contributed by atoms with Crippen molar-refractivity contribution in [2.24, 2.45) is 11.3 Å². The van der Waals surface area contributed by atoms with Crippen LogP contribution in [-0.4, -0.2) is 18.5 Å². The number of ketones is 1. The predicted molar refractivity (Wildman–Crippen MR) is 82.7 cm³/mol. The first kappa shape index (κ1) is 14.1. The average Bonchev–Trinajstić information content (AvgIpc) is 2.48. The number of carbonyl (C=O) groups is 1. The van der Waals surface area contributed by atoms with Gasteiger partial charge in [-0.05, 0) is 32.4 Å². The van der Waals surface area contributed by atoms with Crippen molar-refractivity contribution in [2.45, 2.75) is 32.3 Å². The third-order valence-corrected chi connectivity index (χ3v) is 5.05. The van der Waals surface area contributed by atoms with Crippen molar-refractivity contribution in [1.29, 1.82) is 0 Å². The molecule has 0 spiro atoms. The monoisotopic (exact) mass is 280 g/mol. The zero-order valence-corrected chi connectivity index (χ0v) is 12.8.